The molecule has 3 aromatic rings. The van der Waals surface area contributed by atoms with Gasteiger partial charge in [-0.05, 0) is 29.8 Å². The van der Waals surface area contributed by atoms with E-state index < -0.39 is 0 Å². The van der Waals surface area contributed by atoms with Gasteiger partial charge in [-0.15, -0.1) is 5.10 Å². The summed E-state index contributed by atoms with van der Waals surface area (Å²) in [6.07, 6.45) is 0. The van der Waals surface area contributed by atoms with E-state index >= 15 is 0 Å². The van der Waals surface area contributed by atoms with Crippen LogP contribution in [0.1, 0.15) is 5.56 Å². The third kappa shape index (κ3) is 3.43. The molecule has 0 atom stereocenters. The molecule has 22 heavy (non-hydrogen) atoms. The molecule has 3 rings (SSSR count). The van der Waals surface area contributed by atoms with Crippen molar-refractivity contribution in [1.29, 1.82) is 0 Å². The molecular formula is C15H10Cl2FN3S. The van der Waals surface area contributed by atoms with Gasteiger partial charge in [-0.25, -0.2) is 9.37 Å². The van der Waals surface area contributed by atoms with E-state index in [2.05, 4.69) is 15.2 Å². The molecule has 0 fully saturated rings. The summed E-state index contributed by atoms with van der Waals surface area (Å²) in [6.45, 7) is 0. The number of rotatable bonds is 4. The van der Waals surface area contributed by atoms with Crippen LogP contribution in [0.2, 0.25) is 10.0 Å². The highest BCUT2D eigenvalue weighted by molar-refractivity contribution is 7.98. The molecule has 0 saturated carbocycles. The van der Waals surface area contributed by atoms with Crippen molar-refractivity contribution in [2.45, 2.75) is 10.9 Å². The lowest BCUT2D eigenvalue weighted by atomic mass is 10.2. The van der Waals surface area contributed by atoms with Crippen LogP contribution >= 0.6 is 35.0 Å². The molecule has 0 spiro atoms. The Bertz CT molecular complexity index is 807. The second-order valence-electron chi connectivity index (χ2n) is 4.48. The number of aromatic nitrogens is 3. The Hall–Kier alpha value is -1.56. The van der Waals surface area contributed by atoms with Gasteiger partial charge in [-0.1, -0.05) is 53.2 Å². The first kappa shape index (κ1) is 15.3. The Balaban J connectivity index is 1.72. The number of hydrogen-bond acceptors (Lipinski definition) is 3. The van der Waals surface area contributed by atoms with E-state index in [1.807, 2.05) is 6.07 Å². The van der Waals surface area contributed by atoms with E-state index in [0.29, 0.717) is 32.3 Å². The topological polar surface area (TPSA) is 41.6 Å². The molecule has 0 saturated heterocycles. The van der Waals surface area contributed by atoms with Crippen molar-refractivity contribution in [3.63, 3.8) is 0 Å². The van der Waals surface area contributed by atoms with Crippen LogP contribution in [-0.2, 0) is 5.75 Å². The monoisotopic (exact) mass is 353 g/mol. The van der Waals surface area contributed by atoms with Gasteiger partial charge in [0, 0.05) is 5.75 Å². The van der Waals surface area contributed by atoms with Crippen LogP contribution in [0.15, 0.2) is 47.6 Å². The predicted molar refractivity (Wildman–Crippen MR) is 87.8 cm³/mol. The van der Waals surface area contributed by atoms with Crippen LogP contribution < -0.4 is 0 Å². The number of halogens is 3. The van der Waals surface area contributed by atoms with Crippen molar-refractivity contribution < 1.29 is 4.39 Å². The molecule has 0 aliphatic heterocycles. The van der Waals surface area contributed by atoms with Gasteiger partial charge in [0.05, 0.1) is 15.6 Å². The molecule has 0 radical (unpaired) electrons. The number of aromatic amines is 1. The van der Waals surface area contributed by atoms with Crippen LogP contribution in [0.25, 0.3) is 11.4 Å². The van der Waals surface area contributed by atoms with Crippen LogP contribution in [0.3, 0.4) is 0 Å². The largest absolute Gasteiger partial charge is 0.258 e. The lowest BCUT2D eigenvalue weighted by Crippen LogP contribution is -1.85. The Morgan fingerprint density at radius 3 is 2.68 bits per heavy atom. The zero-order valence-electron chi connectivity index (χ0n) is 11.2. The van der Waals surface area contributed by atoms with E-state index in [-0.39, 0.29) is 5.82 Å². The van der Waals surface area contributed by atoms with E-state index in [1.54, 1.807) is 30.3 Å². The molecule has 3 nitrogen and oxygen atoms in total. The summed E-state index contributed by atoms with van der Waals surface area (Å²) in [7, 11) is 0. The molecule has 0 unspecified atom stereocenters. The summed E-state index contributed by atoms with van der Waals surface area (Å²) >= 11 is 13.3. The summed E-state index contributed by atoms with van der Waals surface area (Å²) in [5, 5.41) is 8.42. The van der Waals surface area contributed by atoms with Crippen molar-refractivity contribution in [2.75, 3.05) is 0 Å². The van der Waals surface area contributed by atoms with Gasteiger partial charge >= 0.3 is 0 Å². The van der Waals surface area contributed by atoms with Gasteiger partial charge in [-0.2, -0.15) is 0 Å². The summed E-state index contributed by atoms with van der Waals surface area (Å²) < 4.78 is 13.7. The summed E-state index contributed by atoms with van der Waals surface area (Å²) in [5.41, 5.74) is 1.41. The maximum atomic E-state index is 13.7. The first-order valence-electron chi connectivity index (χ1n) is 6.37. The molecular weight excluding hydrogens is 344 g/mol. The standard InChI is InChI=1S/C15H10Cl2FN3S/c16-11-6-5-9(7-12(11)17)8-22-15-19-14(20-21-15)10-3-1-2-4-13(10)18/h1-7H,8H2,(H,19,20,21). The fraction of sp³-hybridized carbons (Fsp3) is 0.0667. The van der Waals surface area contributed by atoms with Crippen molar-refractivity contribution in [3.05, 3.63) is 63.9 Å². The predicted octanol–water partition coefficient (Wildman–Crippen LogP) is 5.21. The molecule has 0 bridgehead atoms. The maximum absolute atomic E-state index is 13.7. The minimum absolute atomic E-state index is 0.334. The average molecular weight is 354 g/mol. The number of nitrogens with one attached hydrogen (secondary N) is 1. The number of H-pyrrole nitrogens is 1. The number of benzene rings is 2. The average Bonchev–Trinajstić information content (AvgIpc) is 2.98. The van der Waals surface area contributed by atoms with Gasteiger partial charge in [0.2, 0.25) is 5.16 Å². The van der Waals surface area contributed by atoms with Crippen LogP contribution in [0.4, 0.5) is 4.39 Å². The van der Waals surface area contributed by atoms with Gasteiger partial charge in [0.1, 0.15) is 5.82 Å². The first-order chi connectivity index (χ1) is 10.6. The number of thioether (sulfide) groups is 1. The fourth-order valence-corrected chi connectivity index (χ4v) is 2.92. The lowest BCUT2D eigenvalue weighted by molar-refractivity contribution is 0.630. The third-order valence-corrected chi connectivity index (χ3v) is 4.60. The quantitative estimate of drug-likeness (QED) is 0.654. The minimum Gasteiger partial charge on any atom is -0.258 e. The molecule has 1 N–H and O–H groups in total. The Kier molecular flexibility index (Phi) is 4.66. The van der Waals surface area contributed by atoms with Crippen molar-refractivity contribution in [1.82, 2.24) is 15.2 Å². The fourth-order valence-electron chi connectivity index (χ4n) is 1.86. The molecule has 1 aromatic heterocycles. The van der Waals surface area contributed by atoms with E-state index in [9.17, 15) is 4.39 Å². The van der Waals surface area contributed by atoms with Gasteiger partial charge in [0.25, 0.3) is 0 Å². The highest BCUT2D eigenvalue weighted by Gasteiger charge is 2.10. The molecule has 112 valence electrons. The van der Waals surface area contributed by atoms with Crippen LogP contribution in [0, 0.1) is 5.82 Å². The minimum atomic E-state index is -0.334. The van der Waals surface area contributed by atoms with Crippen LogP contribution in [0.5, 0.6) is 0 Å². The maximum Gasteiger partial charge on any atom is 0.209 e. The van der Waals surface area contributed by atoms with Crippen molar-refractivity contribution in [2.24, 2.45) is 0 Å². The van der Waals surface area contributed by atoms with Crippen LogP contribution in [-0.4, -0.2) is 15.2 Å². The Morgan fingerprint density at radius 1 is 1.09 bits per heavy atom. The van der Waals surface area contributed by atoms with E-state index in [0.717, 1.165) is 5.56 Å². The summed E-state index contributed by atoms with van der Waals surface area (Å²) in [5.74, 6) is 0.722. The number of hydrogen-bond donors (Lipinski definition) is 1. The van der Waals surface area contributed by atoms with E-state index in [4.69, 9.17) is 23.2 Å². The van der Waals surface area contributed by atoms with Gasteiger partial charge in [-0.3, -0.25) is 5.10 Å². The number of nitrogens with zero attached hydrogens (tertiary/aromatic N) is 2. The van der Waals surface area contributed by atoms with Crippen molar-refractivity contribution in [3.8, 4) is 11.4 Å². The smallest absolute Gasteiger partial charge is 0.209 e. The molecule has 0 aliphatic rings. The lowest BCUT2D eigenvalue weighted by Gasteiger charge is -2.01. The highest BCUT2D eigenvalue weighted by Crippen LogP contribution is 2.27. The summed E-state index contributed by atoms with van der Waals surface area (Å²) in [4.78, 5) is 4.29. The normalized spacial score (nSPS) is 10.9. The molecule has 7 heteroatoms. The van der Waals surface area contributed by atoms with Gasteiger partial charge in [0.15, 0.2) is 5.82 Å². The summed E-state index contributed by atoms with van der Waals surface area (Å²) in [6, 6.07) is 11.9. The SMILES string of the molecule is Fc1ccccc1-c1nc(SCc2ccc(Cl)c(Cl)c2)n[nH]1. The Morgan fingerprint density at radius 2 is 1.91 bits per heavy atom. The molecule has 0 aliphatic carbocycles. The Labute approximate surface area is 140 Å². The van der Waals surface area contributed by atoms with E-state index in [1.165, 1.54) is 17.8 Å². The van der Waals surface area contributed by atoms with Crippen molar-refractivity contribution >= 4 is 35.0 Å². The molecule has 1 heterocycles. The third-order valence-electron chi connectivity index (χ3n) is 2.95. The van der Waals surface area contributed by atoms with Gasteiger partial charge < -0.3 is 0 Å². The molecule has 0 amide bonds. The zero-order chi connectivity index (χ0) is 15.5. The zero-order valence-corrected chi connectivity index (χ0v) is 13.5. The highest BCUT2D eigenvalue weighted by atomic mass is 35.5. The molecule has 2 aromatic carbocycles. The first-order valence-corrected chi connectivity index (χ1v) is 8.11. The second kappa shape index (κ2) is 6.69. The second-order valence-corrected chi connectivity index (χ2v) is 6.24.